The number of methoxy groups -OCH3 is 1. The van der Waals surface area contributed by atoms with E-state index in [1.807, 2.05) is 0 Å². The van der Waals surface area contributed by atoms with Crippen molar-refractivity contribution in [1.82, 2.24) is 0 Å². The van der Waals surface area contributed by atoms with Crippen molar-refractivity contribution < 1.29 is 9.84 Å². The van der Waals surface area contributed by atoms with E-state index >= 15 is 0 Å². The Bertz CT molecular complexity index is 294. The van der Waals surface area contributed by atoms with Crippen molar-refractivity contribution in [2.24, 2.45) is 0 Å². The van der Waals surface area contributed by atoms with Crippen molar-refractivity contribution >= 4 is 5.69 Å². The van der Waals surface area contributed by atoms with Gasteiger partial charge in [0.15, 0.2) is 11.5 Å². The van der Waals surface area contributed by atoms with Crippen molar-refractivity contribution in [3.05, 3.63) is 41.9 Å². The molecule has 2 N–H and O–H groups in total. The lowest BCUT2D eigenvalue weighted by atomic mass is 10.2. The van der Waals surface area contributed by atoms with E-state index in [9.17, 15) is 5.11 Å². The molecule has 0 amide bonds. The minimum atomic E-state index is -0.499. The van der Waals surface area contributed by atoms with Crippen molar-refractivity contribution in [3.8, 4) is 0 Å². The molecule has 1 rings (SSSR count). The second kappa shape index (κ2) is 3.60. The summed E-state index contributed by atoms with van der Waals surface area (Å²) in [5, 5.41) is 10.7. The predicted octanol–water partition coefficient (Wildman–Crippen LogP) is 0.268. The summed E-state index contributed by atoms with van der Waals surface area (Å²) in [6.07, 6.45) is 2.49. The molecule has 0 atom stereocenters. The Morgan fingerprint density at radius 3 is 2.92 bits per heavy atom. The maximum absolute atomic E-state index is 10.7. The molecular weight excluding hydrogens is 154 g/mol. The lowest BCUT2D eigenvalue weighted by Gasteiger charge is -2.00. The van der Waals surface area contributed by atoms with Crippen LogP contribution in [-0.4, -0.2) is 7.11 Å². The summed E-state index contributed by atoms with van der Waals surface area (Å²) in [6, 6.07) is 6.87. The summed E-state index contributed by atoms with van der Waals surface area (Å²) in [7, 11) is 1.31. The fourth-order valence-corrected chi connectivity index (χ4v) is 0.785. The molecule has 0 saturated carbocycles. The van der Waals surface area contributed by atoms with E-state index in [1.165, 1.54) is 7.11 Å². The molecule has 0 saturated heterocycles. The van der Waals surface area contributed by atoms with Crippen LogP contribution in [0.1, 0.15) is 5.56 Å². The summed E-state index contributed by atoms with van der Waals surface area (Å²) < 4.78 is 4.40. The second-order valence-electron chi connectivity index (χ2n) is 2.24. The summed E-state index contributed by atoms with van der Waals surface area (Å²) in [5.74, 6) is -0.499. The smallest absolute Gasteiger partial charge is 0.192 e. The minimum Gasteiger partial charge on any atom is -0.601 e. The minimum absolute atomic E-state index is 0.499. The topological polar surface area (TPSA) is 58.3 Å². The van der Waals surface area contributed by atoms with Gasteiger partial charge in [0.25, 0.3) is 0 Å². The highest BCUT2D eigenvalue weighted by Crippen LogP contribution is 2.06. The SMILES string of the molecule is COC([O-])=[C+]c1cccc(N)c1. The van der Waals surface area contributed by atoms with Crippen LogP contribution in [-0.2, 0) is 4.74 Å². The number of nitrogens with two attached hydrogens (primary N) is 1. The van der Waals surface area contributed by atoms with Gasteiger partial charge in [0.2, 0.25) is 0 Å². The zero-order chi connectivity index (χ0) is 8.97. The summed E-state index contributed by atoms with van der Waals surface area (Å²) in [6.45, 7) is 0. The lowest BCUT2D eigenvalue weighted by Crippen LogP contribution is -2.05. The van der Waals surface area contributed by atoms with E-state index in [1.54, 1.807) is 24.3 Å². The van der Waals surface area contributed by atoms with Crippen molar-refractivity contribution in [2.45, 2.75) is 0 Å². The molecule has 12 heavy (non-hydrogen) atoms. The first-order valence-electron chi connectivity index (χ1n) is 3.43. The van der Waals surface area contributed by atoms with Gasteiger partial charge in [-0.2, -0.15) is 0 Å². The van der Waals surface area contributed by atoms with Crippen molar-refractivity contribution in [1.29, 1.82) is 0 Å². The molecule has 1 aromatic rings. The van der Waals surface area contributed by atoms with Crippen molar-refractivity contribution in [3.63, 3.8) is 0 Å². The first-order chi connectivity index (χ1) is 5.72. The van der Waals surface area contributed by atoms with Gasteiger partial charge in [0.05, 0.1) is 23.9 Å². The number of hydrogen-bond donors (Lipinski definition) is 1. The van der Waals surface area contributed by atoms with Crippen LogP contribution in [0.15, 0.2) is 30.2 Å². The van der Waals surface area contributed by atoms with Gasteiger partial charge < -0.3 is 15.6 Å². The highest BCUT2D eigenvalue weighted by Gasteiger charge is 1.99. The maximum Gasteiger partial charge on any atom is 0.192 e. The summed E-state index contributed by atoms with van der Waals surface area (Å²) >= 11 is 0. The van der Waals surface area contributed by atoms with Crippen LogP contribution in [0.5, 0.6) is 0 Å². The molecule has 0 aliphatic rings. The van der Waals surface area contributed by atoms with Crippen molar-refractivity contribution in [2.75, 3.05) is 12.8 Å². The molecule has 0 radical (unpaired) electrons. The largest absolute Gasteiger partial charge is 0.601 e. The number of ether oxygens (including phenoxy) is 1. The quantitative estimate of drug-likeness (QED) is 0.386. The van der Waals surface area contributed by atoms with E-state index in [0.717, 1.165) is 0 Å². The zero-order valence-corrected chi connectivity index (χ0v) is 6.70. The molecule has 0 fully saturated rings. The number of hydrogen-bond acceptors (Lipinski definition) is 3. The molecule has 3 heteroatoms. The first-order valence-corrected chi connectivity index (χ1v) is 3.43. The average Bonchev–Trinajstić information content (AvgIpc) is 2.04. The van der Waals surface area contributed by atoms with Gasteiger partial charge in [-0.3, -0.25) is 0 Å². The van der Waals surface area contributed by atoms with Gasteiger partial charge in [-0.25, -0.2) is 0 Å². The molecule has 0 spiro atoms. The lowest BCUT2D eigenvalue weighted by molar-refractivity contribution is -0.354. The van der Waals surface area contributed by atoms with E-state index in [-0.39, 0.29) is 0 Å². The summed E-state index contributed by atoms with van der Waals surface area (Å²) in [4.78, 5) is 0. The van der Waals surface area contributed by atoms with Crippen LogP contribution in [0, 0.1) is 6.08 Å². The number of nitrogen functional groups attached to an aromatic ring is 1. The number of rotatable bonds is 2. The normalized spacial score (nSPS) is 10.6. The van der Waals surface area contributed by atoms with Gasteiger partial charge in [0.1, 0.15) is 0 Å². The van der Waals surface area contributed by atoms with Gasteiger partial charge in [0, 0.05) is 0 Å². The molecule has 62 valence electrons. The Balaban J connectivity index is 2.89. The highest BCUT2D eigenvalue weighted by atomic mass is 16.6. The second-order valence-corrected chi connectivity index (χ2v) is 2.24. The Labute approximate surface area is 71.1 Å². The van der Waals surface area contributed by atoms with Crippen LogP contribution < -0.4 is 10.8 Å². The fraction of sp³-hybridized carbons (Fsp3) is 0.111. The van der Waals surface area contributed by atoms with Gasteiger partial charge in [-0.05, 0) is 19.2 Å². The maximum atomic E-state index is 10.7. The van der Waals surface area contributed by atoms with Gasteiger partial charge >= 0.3 is 0 Å². The molecule has 1 aromatic carbocycles. The van der Waals surface area contributed by atoms with E-state index in [2.05, 4.69) is 10.8 Å². The van der Waals surface area contributed by atoms with Crippen LogP contribution in [0.25, 0.3) is 0 Å². The third-order valence-electron chi connectivity index (χ3n) is 1.32. The Hall–Kier alpha value is -1.73. The molecule has 0 heterocycles. The average molecular weight is 163 g/mol. The fourth-order valence-electron chi connectivity index (χ4n) is 0.785. The molecule has 0 aliphatic carbocycles. The standard InChI is InChI=1S/C9H9NO2/c1-12-9(11)6-7-3-2-4-8(10)5-7/h2-5H,10H2,1H3. The zero-order valence-electron chi connectivity index (χ0n) is 6.70. The van der Waals surface area contributed by atoms with Crippen LogP contribution in [0.2, 0.25) is 0 Å². The molecule has 0 aliphatic heterocycles. The van der Waals surface area contributed by atoms with Gasteiger partial charge in [-0.1, -0.05) is 0 Å². The Kier molecular flexibility index (Phi) is 2.51. The number of anilines is 1. The highest BCUT2D eigenvalue weighted by molar-refractivity contribution is 5.42. The summed E-state index contributed by atoms with van der Waals surface area (Å²) in [5.41, 5.74) is 6.71. The van der Waals surface area contributed by atoms with E-state index in [4.69, 9.17) is 5.73 Å². The third-order valence-corrected chi connectivity index (χ3v) is 1.32. The van der Waals surface area contributed by atoms with Crippen LogP contribution >= 0.6 is 0 Å². The van der Waals surface area contributed by atoms with E-state index < -0.39 is 5.95 Å². The number of benzene rings is 1. The molecule has 0 aromatic heterocycles. The van der Waals surface area contributed by atoms with Crippen LogP contribution in [0.3, 0.4) is 0 Å². The molecule has 0 bridgehead atoms. The third kappa shape index (κ3) is 2.15. The monoisotopic (exact) mass is 163 g/mol. The van der Waals surface area contributed by atoms with Gasteiger partial charge in [-0.15, -0.1) is 0 Å². The molecule has 0 unspecified atom stereocenters. The van der Waals surface area contributed by atoms with E-state index in [0.29, 0.717) is 11.3 Å². The van der Waals surface area contributed by atoms with Crippen LogP contribution in [0.4, 0.5) is 5.69 Å². The predicted molar refractivity (Wildman–Crippen MR) is 43.7 cm³/mol. The Morgan fingerprint density at radius 1 is 1.58 bits per heavy atom. The Morgan fingerprint density at radius 2 is 2.33 bits per heavy atom. The molecule has 3 nitrogen and oxygen atoms in total. The first kappa shape index (κ1) is 8.37. The molecular formula is C9H9NO2.